The van der Waals surface area contributed by atoms with Crippen LogP contribution in [0.4, 0.5) is 11.4 Å². The number of benzene rings is 1. The van der Waals surface area contributed by atoms with Crippen molar-refractivity contribution in [1.29, 1.82) is 0 Å². The molecule has 94 valence electrons. The zero-order valence-corrected chi connectivity index (χ0v) is 12.6. The van der Waals surface area contributed by atoms with Gasteiger partial charge in [0.15, 0.2) is 0 Å². The summed E-state index contributed by atoms with van der Waals surface area (Å²) in [6, 6.07) is 6.77. The maximum atomic E-state index is 5.80. The first kappa shape index (κ1) is 13.0. The lowest BCUT2D eigenvalue weighted by atomic mass is 10.0. The van der Waals surface area contributed by atoms with Crippen LogP contribution >= 0.6 is 22.6 Å². The number of likely N-dealkylation sites (N-methyl/N-ethyl adjacent to an activating group) is 2. The van der Waals surface area contributed by atoms with Crippen molar-refractivity contribution in [2.75, 3.05) is 37.8 Å². The van der Waals surface area contributed by atoms with Gasteiger partial charge >= 0.3 is 0 Å². The molecule has 1 fully saturated rings. The van der Waals surface area contributed by atoms with Crippen molar-refractivity contribution < 1.29 is 0 Å². The molecule has 1 saturated heterocycles. The number of nitrogens with zero attached hydrogens (tertiary/aromatic N) is 2. The van der Waals surface area contributed by atoms with Crippen LogP contribution in [-0.2, 0) is 0 Å². The van der Waals surface area contributed by atoms with Crippen LogP contribution in [0.3, 0.4) is 0 Å². The van der Waals surface area contributed by atoms with Crippen molar-refractivity contribution in [3.8, 4) is 0 Å². The second kappa shape index (κ2) is 5.44. The molecule has 17 heavy (non-hydrogen) atoms. The zero-order chi connectivity index (χ0) is 12.4. The minimum atomic E-state index is 0.617. The van der Waals surface area contributed by atoms with Gasteiger partial charge < -0.3 is 15.5 Å². The molecule has 1 aliphatic rings. The van der Waals surface area contributed by atoms with Crippen molar-refractivity contribution in [1.82, 2.24) is 4.90 Å². The molecule has 1 atom stereocenters. The molecule has 2 rings (SSSR count). The summed E-state index contributed by atoms with van der Waals surface area (Å²) in [5.41, 5.74) is 7.93. The molecule has 1 aromatic rings. The van der Waals surface area contributed by atoms with Gasteiger partial charge in [-0.3, -0.25) is 0 Å². The lowest BCUT2D eigenvalue weighted by Crippen LogP contribution is -2.45. The van der Waals surface area contributed by atoms with Crippen molar-refractivity contribution >= 4 is 34.0 Å². The number of nitrogen functional groups attached to an aromatic ring is 1. The number of hydrogen-bond donors (Lipinski definition) is 1. The van der Waals surface area contributed by atoms with E-state index in [2.05, 4.69) is 52.6 Å². The minimum absolute atomic E-state index is 0.617. The Labute approximate surface area is 117 Å². The molecule has 0 aromatic heterocycles. The van der Waals surface area contributed by atoms with E-state index in [1.54, 1.807) is 0 Å². The van der Waals surface area contributed by atoms with E-state index in [9.17, 15) is 0 Å². The van der Waals surface area contributed by atoms with E-state index in [0.717, 1.165) is 12.2 Å². The highest BCUT2D eigenvalue weighted by Crippen LogP contribution is 2.27. The van der Waals surface area contributed by atoms with Crippen LogP contribution in [-0.4, -0.2) is 38.1 Å². The Morgan fingerprint density at radius 2 is 2.24 bits per heavy atom. The molecule has 0 radical (unpaired) electrons. The highest BCUT2D eigenvalue weighted by atomic mass is 127. The lowest BCUT2D eigenvalue weighted by molar-refractivity contribution is 0.248. The van der Waals surface area contributed by atoms with E-state index in [1.807, 2.05) is 12.1 Å². The second-order valence-corrected chi connectivity index (χ2v) is 6.04. The van der Waals surface area contributed by atoms with Gasteiger partial charge in [-0.05, 0) is 67.2 Å². The second-order valence-electron chi connectivity index (χ2n) is 4.88. The SMILES string of the molecule is CN1CCCC(N(C)c2ccc(N)cc2I)C1. The average Bonchev–Trinajstić information content (AvgIpc) is 2.28. The summed E-state index contributed by atoms with van der Waals surface area (Å²) < 4.78 is 1.23. The Balaban J connectivity index is 2.15. The Hall–Kier alpha value is -0.490. The van der Waals surface area contributed by atoms with Crippen LogP contribution < -0.4 is 10.6 Å². The predicted octanol–water partition coefficient (Wildman–Crippen LogP) is 2.40. The van der Waals surface area contributed by atoms with E-state index < -0.39 is 0 Å². The van der Waals surface area contributed by atoms with Gasteiger partial charge in [0.2, 0.25) is 0 Å². The largest absolute Gasteiger partial charge is 0.399 e. The molecule has 1 heterocycles. The van der Waals surface area contributed by atoms with Crippen molar-refractivity contribution in [2.45, 2.75) is 18.9 Å². The topological polar surface area (TPSA) is 32.5 Å². The third-order valence-electron chi connectivity index (χ3n) is 3.50. The van der Waals surface area contributed by atoms with Gasteiger partial charge in [-0.1, -0.05) is 0 Å². The van der Waals surface area contributed by atoms with Gasteiger partial charge in [-0.2, -0.15) is 0 Å². The fraction of sp³-hybridized carbons (Fsp3) is 0.538. The number of piperidine rings is 1. The molecule has 4 heteroatoms. The number of nitrogens with two attached hydrogens (primary N) is 1. The average molecular weight is 345 g/mol. The minimum Gasteiger partial charge on any atom is -0.399 e. The smallest absolute Gasteiger partial charge is 0.0503 e. The molecule has 3 nitrogen and oxygen atoms in total. The molecule has 0 amide bonds. The molecule has 0 bridgehead atoms. The number of anilines is 2. The van der Waals surface area contributed by atoms with Gasteiger partial charge in [-0.25, -0.2) is 0 Å². The quantitative estimate of drug-likeness (QED) is 0.660. The first-order chi connectivity index (χ1) is 8.08. The maximum absolute atomic E-state index is 5.80. The molecule has 0 saturated carbocycles. The molecule has 1 unspecified atom stereocenters. The normalized spacial score (nSPS) is 21.5. The molecule has 2 N–H and O–H groups in total. The Kier molecular flexibility index (Phi) is 4.14. The molecule has 1 aliphatic heterocycles. The van der Waals surface area contributed by atoms with Crippen LogP contribution in [0, 0.1) is 3.57 Å². The highest BCUT2D eigenvalue weighted by Gasteiger charge is 2.22. The van der Waals surface area contributed by atoms with Crippen molar-refractivity contribution in [2.24, 2.45) is 0 Å². The van der Waals surface area contributed by atoms with Gasteiger partial charge in [0.25, 0.3) is 0 Å². The molecular weight excluding hydrogens is 325 g/mol. The zero-order valence-electron chi connectivity index (χ0n) is 10.5. The maximum Gasteiger partial charge on any atom is 0.0503 e. The predicted molar refractivity (Wildman–Crippen MR) is 82.5 cm³/mol. The first-order valence-corrected chi connectivity index (χ1v) is 7.12. The van der Waals surface area contributed by atoms with Crippen LogP contribution in [0.5, 0.6) is 0 Å². The van der Waals surface area contributed by atoms with Crippen LogP contribution in [0.25, 0.3) is 0 Å². The lowest BCUT2D eigenvalue weighted by Gasteiger charge is -2.37. The van der Waals surface area contributed by atoms with E-state index in [-0.39, 0.29) is 0 Å². The summed E-state index contributed by atoms with van der Waals surface area (Å²) in [6.45, 7) is 2.38. The van der Waals surface area contributed by atoms with Crippen LogP contribution in [0.15, 0.2) is 18.2 Å². The van der Waals surface area contributed by atoms with Gasteiger partial charge in [0.1, 0.15) is 0 Å². The van der Waals surface area contributed by atoms with Crippen LogP contribution in [0.2, 0.25) is 0 Å². The van der Waals surface area contributed by atoms with Gasteiger partial charge in [0, 0.05) is 28.9 Å². The monoisotopic (exact) mass is 345 g/mol. The van der Waals surface area contributed by atoms with Crippen molar-refractivity contribution in [3.63, 3.8) is 0 Å². The third kappa shape index (κ3) is 3.04. The Morgan fingerprint density at radius 1 is 1.47 bits per heavy atom. The molecule has 1 aromatic carbocycles. The number of halogens is 1. The summed E-state index contributed by atoms with van der Waals surface area (Å²) in [6.07, 6.45) is 2.57. The molecule has 0 spiro atoms. The third-order valence-corrected chi connectivity index (χ3v) is 4.36. The first-order valence-electron chi connectivity index (χ1n) is 6.04. The van der Waals surface area contributed by atoms with Gasteiger partial charge in [0.05, 0.1) is 5.69 Å². The fourth-order valence-electron chi connectivity index (χ4n) is 2.46. The van der Waals surface area contributed by atoms with Gasteiger partial charge in [-0.15, -0.1) is 0 Å². The highest BCUT2D eigenvalue weighted by molar-refractivity contribution is 14.1. The Morgan fingerprint density at radius 3 is 2.88 bits per heavy atom. The van der Waals surface area contributed by atoms with E-state index in [4.69, 9.17) is 5.73 Å². The van der Waals surface area contributed by atoms with E-state index >= 15 is 0 Å². The summed E-state index contributed by atoms with van der Waals surface area (Å²) >= 11 is 2.37. The van der Waals surface area contributed by atoms with E-state index in [0.29, 0.717) is 6.04 Å². The number of likely N-dealkylation sites (tertiary alicyclic amines) is 1. The summed E-state index contributed by atoms with van der Waals surface area (Å²) in [5, 5.41) is 0. The van der Waals surface area contributed by atoms with Crippen molar-refractivity contribution in [3.05, 3.63) is 21.8 Å². The molecule has 0 aliphatic carbocycles. The summed E-state index contributed by atoms with van der Waals surface area (Å²) in [7, 11) is 4.39. The number of hydrogen-bond acceptors (Lipinski definition) is 3. The Bertz CT molecular complexity index is 394. The fourth-order valence-corrected chi connectivity index (χ4v) is 3.38. The van der Waals surface area contributed by atoms with Crippen LogP contribution in [0.1, 0.15) is 12.8 Å². The molecular formula is C13H20IN3. The standard InChI is InChI=1S/C13H20IN3/c1-16-7-3-4-11(9-16)17(2)13-6-5-10(15)8-12(13)14/h5-6,8,11H,3-4,7,9,15H2,1-2H3. The summed E-state index contributed by atoms with van der Waals surface area (Å²) in [4.78, 5) is 4.81. The summed E-state index contributed by atoms with van der Waals surface area (Å²) in [5.74, 6) is 0. The van der Waals surface area contributed by atoms with E-state index in [1.165, 1.54) is 28.6 Å². The number of rotatable bonds is 2.